The molecule has 0 bridgehead atoms. The quantitative estimate of drug-likeness (QED) is 0.322. The van der Waals surface area contributed by atoms with Crippen molar-refractivity contribution in [1.29, 1.82) is 0 Å². The molecule has 8 heteroatoms. The number of guanidine groups is 1. The van der Waals surface area contributed by atoms with Gasteiger partial charge in [0.15, 0.2) is 11.7 Å². The Hall–Kier alpha value is -2.36. The maximum atomic E-state index is 5.86. The summed E-state index contributed by atoms with van der Waals surface area (Å²) >= 11 is 0. The van der Waals surface area contributed by atoms with E-state index in [-0.39, 0.29) is 24.0 Å². The summed E-state index contributed by atoms with van der Waals surface area (Å²) in [6, 6.07) is 8.20. The summed E-state index contributed by atoms with van der Waals surface area (Å²) in [4.78, 5) is 11.1. The Labute approximate surface area is 182 Å². The summed E-state index contributed by atoms with van der Waals surface area (Å²) in [5.41, 5.74) is 3.36. The van der Waals surface area contributed by atoms with Gasteiger partial charge in [0.2, 0.25) is 5.89 Å². The lowest BCUT2D eigenvalue weighted by atomic mass is 10.1. The summed E-state index contributed by atoms with van der Waals surface area (Å²) in [6.07, 6.45) is 5.62. The zero-order chi connectivity index (χ0) is 19.2. The molecule has 1 N–H and O–H groups in total. The summed E-state index contributed by atoms with van der Waals surface area (Å²) in [5, 5.41) is 7.51. The summed E-state index contributed by atoms with van der Waals surface area (Å²) < 4.78 is 7.66. The van der Waals surface area contributed by atoms with Crippen molar-refractivity contribution in [2.45, 2.75) is 26.9 Å². The van der Waals surface area contributed by atoms with E-state index in [9.17, 15) is 0 Å². The monoisotopic (exact) mass is 494 g/mol. The predicted octanol–water partition coefficient (Wildman–Crippen LogP) is 3.60. The van der Waals surface area contributed by atoms with Gasteiger partial charge < -0.3 is 14.6 Å². The lowest BCUT2D eigenvalue weighted by molar-refractivity contribution is 0.469. The zero-order valence-electron chi connectivity index (χ0n) is 16.7. The van der Waals surface area contributed by atoms with Crippen LogP contribution in [-0.2, 0) is 20.1 Å². The second-order valence-corrected chi connectivity index (χ2v) is 6.53. The van der Waals surface area contributed by atoms with Gasteiger partial charge in [-0.2, -0.15) is 5.10 Å². The molecule has 1 aromatic carbocycles. The van der Waals surface area contributed by atoms with Crippen LogP contribution in [-0.4, -0.2) is 39.2 Å². The van der Waals surface area contributed by atoms with Gasteiger partial charge in [-0.05, 0) is 13.8 Å². The average molecular weight is 494 g/mol. The number of aryl methyl sites for hydroxylation is 2. The maximum Gasteiger partial charge on any atom is 0.216 e. The predicted molar refractivity (Wildman–Crippen MR) is 122 cm³/mol. The van der Waals surface area contributed by atoms with Gasteiger partial charge in [-0.25, -0.2) is 9.98 Å². The van der Waals surface area contributed by atoms with Crippen LogP contribution in [0, 0.1) is 6.92 Å². The number of benzene rings is 1. The second-order valence-electron chi connectivity index (χ2n) is 6.53. The molecule has 150 valence electrons. The number of aliphatic imine (C=N–C) groups is 1. The Bertz CT molecular complexity index is 900. The number of nitrogens with zero attached hydrogens (tertiary/aromatic N) is 5. The molecule has 7 nitrogen and oxygen atoms in total. The lowest BCUT2D eigenvalue weighted by Crippen LogP contribution is -2.38. The largest absolute Gasteiger partial charge is 0.439 e. The van der Waals surface area contributed by atoms with Gasteiger partial charge in [0.25, 0.3) is 0 Å². The summed E-state index contributed by atoms with van der Waals surface area (Å²) in [7, 11) is 3.92. The van der Waals surface area contributed by atoms with Crippen LogP contribution < -0.4 is 5.32 Å². The Balaban J connectivity index is 0.00000280. The van der Waals surface area contributed by atoms with E-state index in [2.05, 4.69) is 44.3 Å². The molecule has 0 spiro atoms. The fourth-order valence-corrected chi connectivity index (χ4v) is 2.75. The molecule has 0 aliphatic rings. The van der Waals surface area contributed by atoms with E-state index in [0.717, 1.165) is 35.9 Å². The van der Waals surface area contributed by atoms with E-state index in [1.54, 1.807) is 10.9 Å². The number of nitrogens with one attached hydrogen (secondary N) is 1. The molecule has 0 atom stereocenters. The number of aromatic nitrogens is 3. The highest BCUT2D eigenvalue weighted by Gasteiger charge is 2.10. The van der Waals surface area contributed by atoms with Crippen LogP contribution in [0.2, 0.25) is 0 Å². The topological polar surface area (TPSA) is 71.5 Å². The van der Waals surface area contributed by atoms with Crippen LogP contribution in [0.1, 0.15) is 23.9 Å². The highest BCUT2D eigenvalue weighted by Crippen LogP contribution is 2.21. The van der Waals surface area contributed by atoms with Crippen molar-refractivity contribution < 1.29 is 4.42 Å². The number of oxazole rings is 1. The van der Waals surface area contributed by atoms with Gasteiger partial charge in [-0.1, -0.05) is 29.8 Å². The van der Waals surface area contributed by atoms with Gasteiger partial charge in [0.1, 0.15) is 6.54 Å². The molecule has 0 radical (unpaired) electrons. The standard InChI is InChI=1S/C20H26N6O.HI/c1-5-21-20(25(3)13-16-10-24-26(4)14-16)23-12-19-22-11-18(27-19)17-8-6-15(2)7-9-17;/h6-11,14H,5,12-13H2,1-4H3,(H,21,23);1H. The fraction of sp³-hybridized carbons (Fsp3) is 0.350. The number of rotatable bonds is 6. The molecule has 3 rings (SSSR count). The van der Waals surface area contributed by atoms with Gasteiger partial charge >= 0.3 is 0 Å². The highest BCUT2D eigenvalue weighted by atomic mass is 127. The van der Waals surface area contributed by atoms with Gasteiger partial charge in [-0.15, -0.1) is 24.0 Å². The van der Waals surface area contributed by atoms with E-state index in [1.165, 1.54) is 5.56 Å². The number of halogens is 1. The molecular weight excluding hydrogens is 467 g/mol. The minimum atomic E-state index is 0. The van der Waals surface area contributed by atoms with Crippen molar-refractivity contribution in [3.63, 3.8) is 0 Å². The van der Waals surface area contributed by atoms with E-state index in [1.807, 2.05) is 45.5 Å². The van der Waals surface area contributed by atoms with Crippen molar-refractivity contribution >= 4 is 29.9 Å². The molecular formula is C20H27IN6O. The third-order valence-electron chi connectivity index (χ3n) is 4.13. The Kier molecular flexibility index (Phi) is 8.04. The zero-order valence-corrected chi connectivity index (χ0v) is 19.0. The Morgan fingerprint density at radius 1 is 1.25 bits per heavy atom. The minimum absolute atomic E-state index is 0. The van der Waals surface area contributed by atoms with Crippen molar-refractivity contribution in [2.24, 2.45) is 12.0 Å². The number of hydrogen-bond donors (Lipinski definition) is 1. The van der Waals surface area contributed by atoms with Crippen molar-refractivity contribution in [3.8, 4) is 11.3 Å². The van der Waals surface area contributed by atoms with Crippen LogP contribution in [0.25, 0.3) is 11.3 Å². The normalized spacial score (nSPS) is 11.2. The van der Waals surface area contributed by atoms with Crippen LogP contribution in [0.3, 0.4) is 0 Å². The third kappa shape index (κ3) is 5.82. The van der Waals surface area contributed by atoms with E-state index < -0.39 is 0 Å². The number of hydrogen-bond acceptors (Lipinski definition) is 4. The van der Waals surface area contributed by atoms with Gasteiger partial charge in [0.05, 0.1) is 12.4 Å². The van der Waals surface area contributed by atoms with Crippen LogP contribution in [0.5, 0.6) is 0 Å². The maximum absolute atomic E-state index is 5.86. The summed E-state index contributed by atoms with van der Waals surface area (Å²) in [5.74, 6) is 2.15. The molecule has 0 aliphatic carbocycles. The lowest BCUT2D eigenvalue weighted by Gasteiger charge is -2.21. The average Bonchev–Trinajstić information content (AvgIpc) is 3.28. The first-order valence-corrected chi connectivity index (χ1v) is 9.04. The first kappa shape index (κ1) is 21.9. The first-order valence-electron chi connectivity index (χ1n) is 9.04. The van der Waals surface area contributed by atoms with Crippen LogP contribution in [0.15, 0.2) is 52.3 Å². The second kappa shape index (κ2) is 10.3. The molecule has 0 aliphatic heterocycles. The van der Waals surface area contributed by atoms with E-state index >= 15 is 0 Å². The minimum Gasteiger partial charge on any atom is -0.439 e. The molecule has 28 heavy (non-hydrogen) atoms. The van der Waals surface area contributed by atoms with E-state index in [4.69, 9.17) is 4.42 Å². The highest BCUT2D eigenvalue weighted by molar-refractivity contribution is 14.0. The van der Waals surface area contributed by atoms with Crippen molar-refractivity contribution in [1.82, 2.24) is 25.0 Å². The molecule has 0 unspecified atom stereocenters. The summed E-state index contributed by atoms with van der Waals surface area (Å²) in [6.45, 7) is 6.00. The third-order valence-corrected chi connectivity index (χ3v) is 4.13. The Morgan fingerprint density at radius 2 is 2.00 bits per heavy atom. The smallest absolute Gasteiger partial charge is 0.216 e. The van der Waals surface area contributed by atoms with E-state index in [0.29, 0.717) is 12.4 Å². The molecule has 2 aromatic heterocycles. The molecule has 0 saturated heterocycles. The van der Waals surface area contributed by atoms with Gasteiger partial charge in [0, 0.05) is 44.5 Å². The van der Waals surface area contributed by atoms with Crippen LogP contribution in [0.4, 0.5) is 0 Å². The fourth-order valence-electron chi connectivity index (χ4n) is 2.75. The molecule has 0 fully saturated rings. The van der Waals surface area contributed by atoms with Crippen molar-refractivity contribution in [3.05, 3.63) is 59.9 Å². The van der Waals surface area contributed by atoms with Gasteiger partial charge in [-0.3, -0.25) is 4.68 Å². The van der Waals surface area contributed by atoms with Crippen LogP contribution >= 0.6 is 24.0 Å². The molecule has 3 aromatic rings. The molecule has 0 saturated carbocycles. The Morgan fingerprint density at radius 3 is 2.64 bits per heavy atom. The van der Waals surface area contributed by atoms with Crippen molar-refractivity contribution in [2.75, 3.05) is 13.6 Å². The first-order chi connectivity index (χ1) is 13.0. The molecule has 0 amide bonds. The SMILES string of the molecule is CCNC(=NCc1ncc(-c2ccc(C)cc2)o1)N(C)Cc1cnn(C)c1.I. The molecule has 2 heterocycles.